The number of amides is 1. The molecule has 3 N–H and O–H groups in total. The quantitative estimate of drug-likeness (QED) is 0.610. The molecule has 0 unspecified atom stereocenters. The van der Waals surface area contributed by atoms with Crippen molar-refractivity contribution in [3.05, 3.63) is 11.8 Å². The number of nitrogens with zero attached hydrogens (tertiary/aromatic N) is 2. The Morgan fingerprint density at radius 2 is 2.00 bits per heavy atom. The predicted octanol–water partition coefficient (Wildman–Crippen LogP) is 2.72. The maximum atomic E-state index is 11.8. The lowest BCUT2D eigenvalue weighted by Gasteiger charge is -2.11. The van der Waals surface area contributed by atoms with E-state index in [1.165, 1.54) is 25.7 Å². The minimum atomic E-state index is 0.150. The molecule has 1 aliphatic rings. The van der Waals surface area contributed by atoms with E-state index in [1.54, 1.807) is 0 Å². The molecule has 1 aliphatic carbocycles. The van der Waals surface area contributed by atoms with E-state index in [4.69, 9.17) is 0 Å². The molecule has 6 heteroatoms. The van der Waals surface area contributed by atoms with Gasteiger partial charge in [-0.2, -0.15) is 4.98 Å². The van der Waals surface area contributed by atoms with Crippen molar-refractivity contribution in [1.82, 2.24) is 15.3 Å². The number of hydrogen-bond acceptors (Lipinski definition) is 5. The fourth-order valence-corrected chi connectivity index (χ4v) is 3.02. The number of aryl methyl sites for hydroxylation is 1. The molecule has 0 spiro atoms. The van der Waals surface area contributed by atoms with Gasteiger partial charge in [0.2, 0.25) is 11.9 Å². The molecule has 2 rings (SSSR count). The Hall–Kier alpha value is -1.85. The Kier molecular flexibility index (Phi) is 7.10. The van der Waals surface area contributed by atoms with E-state index in [-0.39, 0.29) is 5.91 Å². The van der Waals surface area contributed by atoms with Crippen LogP contribution in [0.3, 0.4) is 0 Å². The lowest BCUT2D eigenvalue weighted by Crippen LogP contribution is -2.29. The fourth-order valence-electron chi connectivity index (χ4n) is 3.02. The molecule has 1 aromatic rings. The Balaban J connectivity index is 1.63. The van der Waals surface area contributed by atoms with Gasteiger partial charge in [-0.25, -0.2) is 4.98 Å². The number of carbonyl (C=O) groups excluding carboxylic acids is 1. The molecule has 0 radical (unpaired) electrons. The normalized spacial score (nSPS) is 14.7. The monoisotopic (exact) mass is 319 g/mol. The highest BCUT2D eigenvalue weighted by Crippen LogP contribution is 2.28. The minimum Gasteiger partial charge on any atom is -0.370 e. The number of aromatic nitrogens is 2. The average molecular weight is 319 g/mol. The van der Waals surface area contributed by atoms with Crippen molar-refractivity contribution < 1.29 is 4.79 Å². The van der Waals surface area contributed by atoms with E-state index in [2.05, 4.69) is 25.9 Å². The van der Waals surface area contributed by atoms with Crippen LogP contribution in [0.5, 0.6) is 0 Å². The molecule has 1 saturated carbocycles. The van der Waals surface area contributed by atoms with Crippen LogP contribution in [0.4, 0.5) is 11.8 Å². The highest BCUT2D eigenvalue weighted by molar-refractivity contribution is 5.75. The molecule has 0 aromatic carbocycles. The maximum absolute atomic E-state index is 11.8. The highest BCUT2D eigenvalue weighted by atomic mass is 16.1. The van der Waals surface area contributed by atoms with Crippen LogP contribution in [0.25, 0.3) is 0 Å². The van der Waals surface area contributed by atoms with Crippen LogP contribution in [0.15, 0.2) is 6.07 Å². The van der Waals surface area contributed by atoms with E-state index < -0.39 is 0 Å². The summed E-state index contributed by atoms with van der Waals surface area (Å²) in [6.07, 6.45) is 6.95. The third-order valence-corrected chi connectivity index (χ3v) is 4.20. The summed E-state index contributed by atoms with van der Waals surface area (Å²) in [6.45, 7) is 6.03. The summed E-state index contributed by atoms with van der Waals surface area (Å²) in [5, 5.41) is 9.30. The summed E-state index contributed by atoms with van der Waals surface area (Å²) in [7, 11) is 0. The van der Waals surface area contributed by atoms with Crippen LogP contribution in [-0.2, 0) is 4.79 Å². The molecule has 0 bridgehead atoms. The fraction of sp³-hybridized carbons (Fsp3) is 0.706. The van der Waals surface area contributed by atoms with Gasteiger partial charge in [0.25, 0.3) is 0 Å². The van der Waals surface area contributed by atoms with E-state index >= 15 is 0 Å². The van der Waals surface area contributed by atoms with Gasteiger partial charge < -0.3 is 16.0 Å². The van der Waals surface area contributed by atoms with Crippen molar-refractivity contribution in [3.8, 4) is 0 Å². The van der Waals surface area contributed by atoms with E-state index in [0.717, 1.165) is 30.4 Å². The third-order valence-electron chi connectivity index (χ3n) is 4.20. The number of carbonyl (C=O) groups is 1. The summed E-state index contributed by atoms with van der Waals surface area (Å²) >= 11 is 0. The lowest BCUT2D eigenvalue weighted by atomic mass is 10.0. The molecular weight excluding hydrogens is 290 g/mol. The SMILES string of the molecule is CCNc1cc(C)nc(NCCNC(=O)CCC2CCCC2)n1. The molecule has 1 heterocycles. The first-order valence-electron chi connectivity index (χ1n) is 8.77. The summed E-state index contributed by atoms with van der Waals surface area (Å²) < 4.78 is 0. The van der Waals surface area contributed by atoms with Crippen LogP contribution < -0.4 is 16.0 Å². The Morgan fingerprint density at radius 3 is 2.74 bits per heavy atom. The molecule has 23 heavy (non-hydrogen) atoms. The largest absolute Gasteiger partial charge is 0.370 e. The zero-order valence-corrected chi connectivity index (χ0v) is 14.3. The molecule has 128 valence electrons. The summed E-state index contributed by atoms with van der Waals surface area (Å²) in [6, 6.07) is 1.92. The summed E-state index contributed by atoms with van der Waals surface area (Å²) in [5.74, 6) is 2.34. The minimum absolute atomic E-state index is 0.150. The Labute approximate surface area is 138 Å². The number of hydrogen-bond donors (Lipinski definition) is 3. The number of rotatable bonds is 9. The van der Waals surface area contributed by atoms with E-state index in [9.17, 15) is 4.79 Å². The first-order chi connectivity index (χ1) is 11.2. The zero-order valence-electron chi connectivity index (χ0n) is 14.3. The van der Waals surface area contributed by atoms with Crippen molar-refractivity contribution >= 4 is 17.7 Å². The van der Waals surface area contributed by atoms with Crippen LogP contribution in [-0.4, -0.2) is 35.5 Å². The Morgan fingerprint density at radius 1 is 1.22 bits per heavy atom. The zero-order chi connectivity index (χ0) is 16.5. The van der Waals surface area contributed by atoms with Gasteiger partial charge in [-0.1, -0.05) is 25.7 Å². The van der Waals surface area contributed by atoms with Crippen LogP contribution in [0, 0.1) is 12.8 Å². The topological polar surface area (TPSA) is 78.9 Å². The smallest absolute Gasteiger partial charge is 0.224 e. The molecule has 0 saturated heterocycles. The van der Waals surface area contributed by atoms with Gasteiger partial charge in [-0.05, 0) is 26.2 Å². The second kappa shape index (κ2) is 9.33. The molecule has 1 amide bonds. The van der Waals surface area contributed by atoms with Crippen LogP contribution in [0.1, 0.15) is 51.1 Å². The standard InChI is InChI=1S/C17H29N5O/c1-3-18-15-12-13(2)21-17(22-15)20-11-10-19-16(23)9-8-14-6-4-5-7-14/h12,14H,3-11H2,1-2H3,(H,19,23)(H2,18,20,21,22). The summed E-state index contributed by atoms with van der Waals surface area (Å²) in [5.41, 5.74) is 0.916. The first-order valence-corrected chi connectivity index (χ1v) is 8.77. The molecule has 1 aromatic heterocycles. The van der Waals surface area contributed by atoms with Crippen molar-refractivity contribution in [2.75, 3.05) is 30.3 Å². The molecular formula is C17H29N5O. The van der Waals surface area contributed by atoms with Crippen LogP contribution >= 0.6 is 0 Å². The molecule has 0 aliphatic heterocycles. The average Bonchev–Trinajstić information content (AvgIpc) is 3.03. The van der Waals surface area contributed by atoms with Gasteiger partial charge in [-0.3, -0.25) is 4.79 Å². The second-order valence-electron chi connectivity index (χ2n) is 6.21. The molecule has 0 atom stereocenters. The van der Waals surface area contributed by atoms with Gasteiger partial charge in [0.05, 0.1) is 0 Å². The lowest BCUT2D eigenvalue weighted by molar-refractivity contribution is -0.121. The van der Waals surface area contributed by atoms with Gasteiger partial charge in [0.1, 0.15) is 5.82 Å². The highest BCUT2D eigenvalue weighted by Gasteiger charge is 2.15. The first kappa shape index (κ1) is 17.5. The van der Waals surface area contributed by atoms with Crippen LogP contribution in [0.2, 0.25) is 0 Å². The predicted molar refractivity (Wildman–Crippen MR) is 93.6 cm³/mol. The van der Waals surface area contributed by atoms with Gasteiger partial charge in [0.15, 0.2) is 0 Å². The van der Waals surface area contributed by atoms with Crippen molar-refractivity contribution in [2.45, 2.75) is 52.4 Å². The van der Waals surface area contributed by atoms with Gasteiger partial charge in [0, 0.05) is 37.8 Å². The van der Waals surface area contributed by atoms with Crippen molar-refractivity contribution in [1.29, 1.82) is 0 Å². The van der Waals surface area contributed by atoms with Crippen molar-refractivity contribution in [2.24, 2.45) is 5.92 Å². The van der Waals surface area contributed by atoms with Gasteiger partial charge in [-0.15, -0.1) is 0 Å². The third kappa shape index (κ3) is 6.42. The molecule has 6 nitrogen and oxygen atoms in total. The van der Waals surface area contributed by atoms with E-state index in [1.807, 2.05) is 19.9 Å². The Bertz CT molecular complexity index is 500. The van der Waals surface area contributed by atoms with E-state index in [0.29, 0.717) is 25.5 Å². The van der Waals surface area contributed by atoms with Gasteiger partial charge >= 0.3 is 0 Å². The number of anilines is 2. The van der Waals surface area contributed by atoms with Crippen molar-refractivity contribution in [3.63, 3.8) is 0 Å². The second-order valence-corrected chi connectivity index (χ2v) is 6.21. The number of nitrogens with one attached hydrogen (secondary N) is 3. The molecule has 1 fully saturated rings. The maximum Gasteiger partial charge on any atom is 0.224 e. The summed E-state index contributed by atoms with van der Waals surface area (Å²) in [4.78, 5) is 20.6.